The summed E-state index contributed by atoms with van der Waals surface area (Å²) in [7, 11) is 0. The molecular weight excluding hydrogens is 590 g/mol. The van der Waals surface area contributed by atoms with Crippen LogP contribution in [0.4, 0.5) is 0 Å². The third-order valence-corrected chi connectivity index (χ3v) is 9.11. The van der Waals surface area contributed by atoms with Gasteiger partial charge in [0.2, 0.25) is 0 Å². The third kappa shape index (κ3) is 4.29. The van der Waals surface area contributed by atoms with Crippen molar-refractivity contribution in [2.75, 3.05) is 0 Å². The van der Waals surface area contributed by atoms with Gasteiger partial charge in [-0.25, -0.2) is 15.0 Å². The molecule has 0 aliphatic heterocycles. The summed E-state index contributed by atoms with van der Waals surface area (Å²) in [5, 5.41) is 6.41. The maximum Gasteiger partial charge on any atom is 0.164 e. The van der Waals surface area contributed by atoms with E-state index in [0.717, 1.165) is 82.5 Å². The number of furan rings is 2. The number of para-hydroxylation sites is 2. The number of hydrogen-bond donors (Lipinski definition) is 0. The average molecular weight is 616 g/mol. The Kier molecular flexibility index (Phi) is 5.81. The molecule has 0 atom stereocenters. The van der Waals surface area contributed by atoms with Gasteiger partial charge in [0.1, 0.15) is 22.3 Å². The molecule has 5 heteroatoms. The van der Waals surface area contributed by atoms with Crippen LogP contribution in [-0.2, 0) is 0 Å². The molecule has 10 aromatic rings. The van der Waals surface area contributed by atoms with Crippen molar-refractivity contribution in [3.63, 3.8) is 0 Å². The normalized spacial score (nSPS) is 11.8. The van der Waals surface area contributed by atoms with Gasteiger partial charge in [-0.15, -0.1) is 0 Å². The van der Waals surface area contributed by atoms with Gasteiger partial charge in [-0.05, 0) is 64.4 Å². The summed E-state index contributed by atoms with van der Waals surface area (Å²) in [6, 6.07) is 51.7. The van der Waals surface area contributed by atoms with E-state index in [1.54, 1.807) is 0 Å². The predicted octanol–water partition coefficient (Wildman–Crippen LogP) is 11.5. The van der Waals surface area contributed by atoms with E-state index in [-0.39, 0.29) is 0 Å². The molecule has 224 valence electrons. The molecule has 0 N–H and O–H groups in total. The van der Waals surface area contributed by atoms with E-state index in [1.807, 2.05) is 60.7 Å². The first-order valence-corrected chi connectivity index (χ1v) is 15.9. The van der Waals surface area contributed by atoms with E-state index in [1.165, 1.54) is 0 Å². The first-order chi connectivity index (χ1) is 23.7. The fourth-order valence-corrected chi connectivity index (χ4v) is 6.78. The van der Waals surface area contributed by atoms with Crippen molar-refractivity contribution in [3.05, 3.63) is 152 Å². The molecule has 3 aromatic heterocycles. The fourth-order valence-electron chi connectivity index (χ4n) is 6.78. The van der Waals surface area contributed by atoms with Crippen molar-refractivity contribution in [2.45, 2.75) is 0 Å². The van der Waals surface area contributed by atoms with Gasteiger partial charge in [0, 0.05) is 38.2 Å². The Morgan fingerprint density at radius 1 is 0.333 bits per heavy atom. The molecular formula is C43H25N3O2. The number of rotatable bonds is 4. The first-order valence-electron chi connectivity index (χ1n) is 15.9. The Balaban J connectivity index is 1.26. The van der Waals surface area contributed by atoms with Crippen molar-refractivity contribution in [1.29, 1.82) is 0 Å². The largest absolute Gasteiger partial charge is 0.456 e. The molecule has 7 aromatic carbocycles. The molecule has 3 heterocycles. The van der Waals surface area contributed by atoms with Crippen molar-refractivity contribution in [3.8, 4) is 45.3 Å². The molecule has 5 nitrogen and oxygen atoms in total. The summed E-state index contributed by atoms with van der Waals surface area (Å²) < 4.78 is 12.7. The van der Waals surface area contributed by atoms with Gasteiger partial charge in [0.25, 0.3) is 0 Å². The monoisotopic (exact) mass is 615 g/mol. The minimum absolute atomic E-state index is 0.566. The van der Waals surface area contributed by atoms with Gasteiger partial charge in [-0.2, -0.15) is 0 Å². The molecule has 0 spiro atoms. The zero-order chi connectivity index (χ0) is 31.6. The first kappa shape index (κ1) is 26.6. The van der Waals surface area contributed by atoms with Crippen LogP contribution in [0.2, 0.25) is 0 Å². The summed E-state index contributed by atoms with van der Waals surface area (Å²) in [4.78, 5) is 15.5. The van der Waals surface area contributed by atoms with Gasteiger partial charge in [-0.1, -0.05) is 109 Å². The third-order valence-electron chi connectivity index (χ3n) is 9.11. The molecule has 0 bridgehead atoms. The smallest absolute Gasteiger partial charge is 0.164 e. The van der Waals surface area contributed by atoms with Crippen LogP contribution in [0.5, 0.6) is 0 Å². The molecule has 0 fully saturated rings. The quantitative estimate of drug-likeness (QED) is 0.197. The zero-order valence-corrected chi connectivity index (χ0v) is 25.6. The van der Waals surface area contributed by atoms with Crippen LogP contribution in [0.1, 0.15) is 0 Å². The van der Waals surface area contributed by atoms with Crippen LogP contribution in [0, 0.1) is 0 Å². The lowest BCUT2D eigenvalue weighted by Crippen LogP contribution is -2.01. The summed E-state index contributed by atoms with van der Waals surface area (Å²) in [5.41, 5.74) is 7.99. The van der Waals surface area contributed by atoms with Crippen molar-refractivity contribution in [2.24, 2.45) is 0 Å². The second-order valence-electron chi connectivity index (χ2n) is 12.0. The van der Waals surface area contributed by atoms with Crippen LogP contribution in [-0.4, -0.2) is 15.0 Å². The van der Waals surface area contributed by atoms with Gasteiger partial charge < -0.3 is 8.83 Å². The van der Waals surface area contributed by atoms with E-state index < -0.39 is 0 Å². The Bertz CT molecular complexity index is 2850. The summed E-state index contributed by atoms with van der Waals surface area (Å²) in [6.45, 7) is 0. The van der Waals surface area contributed by atoms with Crippen LogP contribution in [0.15, 0.2) is 160 Å². The summed E-state index contributed by atoms with van der Waals surface area (Å²) >= 11 is 0. The Morgan fingerprint density at radius 3 is 1.75 bits per heavy atom. The molecule has 0 aliphatic carbocycles. The molecule has 0 radical (unpaired) electrons. The Hall–Kier alpha value is -6.59. The highest BCUT2D eigenvalue weighted by Crippen LogP contribution is 2.40. The highest BCUT2D eigenvalue weighted by molar-refractivity contribution is 6.13. The van der Waals surface area contributed by atoms with E-state index in [9.17, 15) is 0 Å². The lowest BCUT2D eigenvalue weighted by Gasteiger charge is -2.11. The van der Waals surface area contributed by atoms with E-state index in [0.29, 0.717) is 17.5 Å². The molecule has 0 saturated heterocycles. The van der Waals surface area contributed by atoms with E-state index >= 15 is 0 Å². The zero-order valence-electron chi connectivity index (χ0n) is 25.6. The number of benzene rings is 7. The lowest BCUT2D eigenvalue weighted by molar-refractivity contribution is 0.668. The maximum atomic E-state index is 6.45. The fraction of sp³-hybridized carbons (Fsp3) is 0. The van der Waals surface area contributed by atoms with Crippen LogP contribution in [0.25, 0.3) is 99.9 Å². The highest BCUT2D eigenvalue weighted by atomic mass is 16.3. The topological polar surface area (TPSA) is 65.0 Å². The van der Waals surface area contributed by atoms with Crippen molar-refractivity contribution >= 4 is 54.6 Å². The number of nitrogens with zero attached hydrogens (tertiary/aromatic N) is 3. The summed E-state index contributed by atoms with van der Waals surface area (Å²) in [6.07, 6.45) is 0. The minimum atomic E-state index is 0.566. The van der Waals surface area contributed by atoms with Gasteiger partial charge in [-0.3, -0.25) is 0 Å². The number of fused-ring (bicyclic) bond motifs is 7. The predicted molar refractivity (Wildman–Crippen MR) is 194 cm³/mol. The van der Waals surface area contributed by atoms with E-state index in [4.69, 9.17) is 23.8 Å². The highest BCUT2D eigenvalue weighted by Gasteiger charge is 2.20. The van der Waals surface area contributed by atoms with Gasteiger partial charge in [0.05, 0.1) is 0 Å². The molecule has 0 aliphatic rings. The molecule has 0 saturated carbocycles. The van der Waals surface area contributed by atoms with Crippen LogP contribution in [0.3, 0.4) is 0 Å². The average Bonchev–Trinajstić information content (AvgIpc) is 3.72. The van der Waals surface area contributed by atoms with Gasteiger partial charge in [0.15, 0.2) is 17.5 Å². The second-order valence-corrected chi connectivity index (χ2v) is 12.0. The van der Waals surface area contributed by atoms with Gasteiger partial charge >= 0.3 is 0 Å². The minimum Gasteiger partial charge on any atom is -0.456 e. The van der Waals surface area contributed by atoms with Crippen LogP contribution >= 0.6 is 0 Å². The number of aromatic nitrogens is 3. The molecule has 0 amide bonds. The Labute approximate surface area is 274 Å². The van der Waals surface area contributed by atoms with E-state index in [2.05, 4.69) is 91.0 Å². The standard InChI is InChI=1S/C43H25N3O2/c1-2-10-26(11-3-1)31-23-35(40-34-15-7-9-17-37(34)48-39(40)25-31)43-45-41(29-19-18-27-12-4-5-13-28(27)22-29)44-42(46-43)30-20-21-33-32-14-6-8-16-36(32)47-38(33)24-30/h1-25H. The molecule has 48 heavy (non-hydrogen) atoms. The lowest BCUT2D eigenvalue weighted by atomic mass is 9.98. The van der Waals surface area contributed by atoms with Crippen LogP contribution < -0.4 is 0 Å². The molecule has 0 unspecified atom stereocenters. The second kappa shape index (κ2) is 10.5. The molecule has 10 rings (SSSR count). The maximum absolute atomic E-state index is 6.45. The Morgan fingerprint density at radius 2 is 0.917 bits per heavy atom. The van der Waals surface area contributed by atoms with Crippen molar-refractivity contribution < 1.29 is 8.83 Å². The SMILES string of the molecule is c1ccc(-c2cc(-c3nc(-c4ccc5ccccc5c4)nc(-c4ccc5c(c4)oc4ccccc45)n3)c3c(c2)oc2ccccc23)cc1. The number of hydrogen-bond acceptors (Lipinski definition) is 5. The van der Waals surface area contributed by atoms with Crippen molar-refractivity contribution in [1.82, 2.24) is 15.0 Å². The summed E-state index contributed by atoms with van der Waals surface area (Å²) in [5.74, 6) is 1.73.